The Hall–Kier alpha value is -2.98. The highest BCUT2D eigenvalue weighted by Gasteiger charge is 2.72. The van der Waals surface area contributed by atoms with Crippen molar-refractivity contribution in [3.05, 3.63) is 24.3 Å². The number of hydrogen-bond donors (Lipinski definition) is 3. The molecule has 10 nitrogen and oxygen atoms in total. The molecular weight excluding hydrogens is 514 g/mol. The van der Waals surface area contributed by atoms with Crippen molar-refractivity contribution in [2.75, 3.05) is 13.8 Å². The summed E-state index contributed by atoms with van der Waals surface area (Å²) in [6.07, 6.45) is 8.54. The van der Waals surface area contributed by atoms with Gasteiger partial charge in [0.05, 0.1) is 7.11 Å². The highest BCUT2D eigenvalue weighted by Crippen LogP contribution is 2.43. The summed E-state index contributed by atoms with van der Waals surface area (Å²) in [5.41, 5.74) is -1.68. The lowest BCUT2D eigenvalue weighted by Crippen LogP contribution is -2.82. The highest BCUT2D eigenvalue weighted by atomic mass is 16.6. The summed E-state index contributed by atoms with van der Waals surface area (Å²) in [4.78, 5) is 54.9. The van der Waals surface area contributed by atoms with Gasteiger partial charge in [-0.1, -0.05) is 38.5 Å². The Kier molecular flexibility index (Phi) is 8.89. The molecule has 2 aliphatic carbocycles. The zero-order valence-electron chi connectivity index (χ0n) is 24.2. The maximum absolute atomic E-state index is 13.9. The van der Waals surface area contributed by atoms with Gasteiger partial charge in [0.25, 0.3) is 0 Å². The van der Waals surface area contributed by atoms with Crippen LogP contribution in [-0.2, 0) is 23.9 Å². The number of hydrogen-bond acceptors (Lipinski definition) is 7. The van der Waals surface area contributed by atoms with Crippen molar-refractivity contribution >= 4 is 29.4 Å². The number of carbonyl (C=O) groups is 4. The van der Waals surface area contributed by atoms with Gasteiger partial charge in [-0.3, -0.25) is 9.59 Å². The monoisotopic (exact) mass is 558 g/mol. The molecule has 3 fully saturated rings. The molecule has 1 aliphatic heterocycles. The van der Waals surface area contributed by atoms with Gasteiger partial charge in [-0.05, 0) is 58.6 Å². The minimum Gasteiger partial charge on any atom is -0.497 e. The molecule has 1 aromatic rings. The molecule has 3 atom stereocenters. The minimum absolute atomic E-state index is 0.0746. The summed E-state index contributed by atoms with van der Waals surface area (Å²) in [6, 6.07) is 5.21. The first-order chi connectivity index (χ1) is 19.0. The number of rotatable bonds is 8. The normalized spacial score (nSPS) is 26.8. The number of ether oxygens (including phenoxy) is 2. The molecule has 0 aromatic heterocycles. The Morgan fingerprint density at radius 2 is 1.60 bits per heavy atom. The SMILES string of the molecule is COc1ccc([N@@+]2(CO)C(=O)[C@H](C(=O)NC3(C(=O)NC4CCCCC4)CCCCC3)[C@H]2C(=O)OC(C)(C)C)cc1. The third kappa shape index (κ3) is 5.74. The van der Waals surface area contributed by atoms with Crippen molar-refractivity contribution < 1.29 is 33.8 Å². The van der Waals surface area contributed by atoms with E-state index in [2.05, 4.69) is 10.6 Å². The minimum atomic E-state index is -1.41. The van der Waals surface area contributed by atoms with Crippen LogP contribution in [0.2, 0.25) is 0 Å². The number of β-lactam (4-membered cyclic amide) rings is 1. The van der Waals surface area contributed by atoms with Crippen molar-refractivity contribution in [3.63, 3.8) is 0 Å². The van der Waals surface area contributed by atoms with E-state index in [-0.39, 0.29) is 11.9 Å². The molecule has 0 spiro atoms. The number of esters is 1. The summed E-state index contributed by atoms with van der Waals surface area (Å²) in [6.45, 7) is 4.38. The van der Waals surface area contributed by atoms with Crippen molar-refractivity contribution in [2.45, 2.75) is 108 Å². The number of nitrogens with zero attached hydrogens (tertiary/aromatic N) is 1. The molecule has 0 radical (unpaired) electrons. The van der Waals surface area contributed by atoms with Crippen molar-refractivity contribution in [3.8, 4) is 5.75 Å². The lowest BCUT2D eigenvalue weighted by molar-refractivity contribution is -0.187. The van der Waals surface area contributed by atoms with Gasteiger partial charge in [-0.15, -0.1) is 0 Å². The largest absolute Gasteiger partial charge is 0.497 e. The average molecular weight is 559 g/mol. The third-order valence-corrected chi connectivity index (χ3v) is 8.58. The summed E-state index contributed by atoms with van der Waals surface area (Å²) in [5.74, 6) is -3.16. The molecule has 1 heterocycles. The fourth-order valence-corrected chi connectivity index (χ4v) is 6.45. The van der Waals surface area contributed by atoms with Crippen LogP contribution < -0.4 is 19.9 Å². The van der Waals surface area contributed by atoms with E-state index in [1.165, 1.54) is 7.11 Å². The van der Waals surface area contributed by atoms with Crippen LogP contribution in [0.1, 0.15) is 85.0 Å². The molecular formula is C30H44N3O7+. The summed E-state index contributed by atoms with van der Waals surface area (Å²) in [7, 11) is 1.51. The molecule has 3 N–H and O–H groups in total. The molecule has 1 saturated heterocycles. The van der Waals surface area contributed by atoms with E-state index in [1.807, 2.05) is 0 Å². The van der Waals surface area contributed by atoms with Gasteiger partial charge < -0.3 is 25.2 Å². The quantitative estimate of drug-likeness (QED) is 0.193. The van der Waals surface area contributed by atoms with Gasteiger partial charge in [-0.25, -0.2) is 9.59 Å². The molecule has 0 bridgehead atoms. The molecule has 2 saturated carbocycles. The van der Waals surface area contributed by atoms with Gasteiger partial charge in [0.15, 0.2) is 6.73 Å². The average Bonchev–Trinajstić information content (AvgIpc) is 2.92. The Morgan fingerprint density at radius 1 is 1.00 bits per heavy atom. The molecule has 40 heavy (non-hydrogen) atoms. The van der Waals surface area contributed by atoms with Crippen LogP contribution in [-0.4, -0.2) is 65.9 Å². The van der Waals surface area contributed by atoms with Gasteiger partial charge in [0, 0.05) is 18.2 Å². The summed E-state index contributed by atoms with van der Waals surface area (Å²) < 4.78 is 10.1. The van der Waals surface area contributed by atoms with Gasteiger partial charge in [0.1, 0.15) is 22.6 Å². The van der Waals surface area contributed by atoms with Gasteiger partial charge in [-0.2, -0.15) is 4.48 Å². The van der Waals surface area contributed by atoms with Crippen molar-refractivity contribution in [2.24, 2.45) is 5.92 Å². The number of amides is 3. The highest BCUT2D eigenvalue weighted by molar-refractivity contribution is 6.17. The number of aliphatic hydroxyl groups is 1. The van der Waals surface area contributed by atoms with E-state index in [4.69, 9.17) is 9.47 Å². The maximum Gasteiger partial charge on any atom is 0.368 e. The second kappa shape index (κ2) is 11.9. The van der Waals surface area contributed by atoms with Crippen LogP contribution in [0.4, 0.5) is 5.69 Å². The van der Waals surface area contributed by atoms with E-state index >= 15 is 0 Å². The van der Waals surface area contributed by atoms with Crippen LogP contribution in [0.15, 0.2) is 24.3 Å². The smallest absolute Gasteiger partial charge is 0.368 e. The van der Waals surface area contributed by atoms with E-state index in [9.17, 15) is 24.3 Å². The standard InChI is InChI=1S/C30H43N3O7/c1-29(2,3)40-27(37)24-23(26(36)33(24,19-34)21-13-15-22(39-4)16-14-21)25(35)32-30(17-9-6-10-18-30)28(38)31-20-11-7-5-8-12-20/h13-16,20,23-24,34H,5-12,17-19H2,1-4H3,(H-,31,32,35,38)/p+1/t23-,24-,33+/m0/s1. The molecule has 3 amide bonds. The zero-order chi connectivity index (χ0) is 29.1. The topological polar surface area (TPSA) is 131 Å². The van der Waals surface area contributed by atoms with Crippen molar-refractivity contribution in [1.29, 1.82) is 0 Å². The number of likely N-dealkylation sites (tertiary alicyclic amines) is 1. The lowest BCUT2D eigenvalue weighted by atomic mass is 9.77. The number of quaternary nitrogens is 1. The first-order valence-corrected chi connectivity index (χ1v) is 14.5. The summed E-state index contributed by atoms with van der Waals surface area (Å²) in [5, 5.41) is 16.7. The Bertz CT molecular complexity index is 1100. The molecule has 0 unspecified atom stereocenters. The number of aliphatic hydroxyl groups excluding tert-OH is 1. The molecule has 10 heteroatoms. The lowest BCUT2D eigenvalue weighted by Gasteiger charge is -2.50. The van der Waals surface area contributed by atoms with E-state index in [0.29, 0.717) is 24.3 Å². The zero-order valence-corrected chi connectivity index (χ0v) is 24.2. The third-order valence-electron chi connectivity index (χ3n) is 8.58. The maximum atomic E-state index is 13.9. The van der Waals surface area contributed by atoms with Crippen LogP contribution in [0, 0.1) is 5.92 Å². The Labute approximate surface area is 236 Å². The Balaban J connectivity index is 1.64. The fraction of sp³-hybridized carbons (Fsp3) is 0.667. The second-order valence-corrected chi connectivity index (χ2v) is 12.4. The van der Waals surface area contributed by atoms with Crippen molar-refractivity contribution in [1.82, 2.24) is 15.1 Å². The fourth-order valence-electron chi connectivity index (χ4n) is 6.45. The van der Waals surface area contributed by atoms with Crippen LogP contribution in [0.5, 0.6) is 5.75 Å². The summed E-state index contributed by atoms with van der Waals surface area (Å²) >= 11 is 0. The van der Waals surface area contributed by atoms with E-state index in [0.717, 1.165) is 51.4 Å². The first kappa shape index (κ1) is 30.0. The predicted octanol–water partition coefficient (Wildman–Crippen LogP) is 3.09. The second-order valence-electron chi connectivity index (χ2n) is 12.4. The molecule has 220 valence electrons. The number of nitrogens with one attached hydrogen (secondary N) is 2. The number of carbonyl (C=O) groups excluding carboxylic acids is 4. The van der Waals surface area contributed by atoms with Gasteiger partial charge >= 0.3 is 11.9 Å². The molecule has 1 aromatic carbocycles. The van der Waals surface area contributed by atoms with E-state index in [1.54, 1.807) is 45.0 Å². The number of methoxy groups -OCH3 is 1. The van der Waals surface area contributed by atoms with Crippen LogP contribution in [0.3, 0.4) is 0 Å². The van der Waals surface area contributed by atoms with Crippen LogP contribution in [0.25, 0.3) is 0 Å². The predicted molar refractivity (Wildman–Crippen MR) is 149 cm³/mol. The molecule has 4 rings (SSSR count). The van der Waals surface area contributed by atoms with E-state index < -0.39 is 52.1 Å². The molecule has 3 aliphatic rings. The number of benzene rings is 1. The first-order valence-electron chi connectivity index (χ1n) is 14.5. The Morgan fingerprint density at radius 3 is 2.15 bits per heavy atom. The van der Waals surface area contributed by atoms with Gasteiger partial charge in [0.2, 0.25) is 23.8 Å². The van der Waals surface area contributed by atoms with Crippen LogP contribution >= 0.6 is 0 Å².